The van der Waals surface area contributed by atoms with Crippen LogP contribution in [0.2, 0.25) is 0 Å². The number of H-pyrrole nitrogens is 1. The van der Waals surface area contributed by atoms with Gasteiger partial charge in [0.1, 0.15) is 5.60 Å². The molecular weight excluding hydrogens is 356 g/mol. The molecule has 2 N–H and O–H groups in total. The first-order chi connectivity index (χ1) is 13.6. The van der Waals surface area contributed by atoms with Crippen molar-refractivity contribution in [3.63, 3.8) is 0 Å². The Morgan fingerprint density at radius 3 is 2.71 bits per heavy atom. The van der Waals surface area contributed by atoms with Crippen LogP contribution in [0, 0.1) is 0 Å². The quantitative estimate of drug-likeness (QED) is 0.720. The number of ether oxygens (including phenoxy) is 1. The number of aromatic nitrogens is 2. The van der Waals surface area contributed by atoms with E-state index >= 15 is 0 Å². The molecule has 2 amide bonds. The van der Waals surface area contributed by atoms with E-state index in [9.17, 15) is 9.59 Å². The number of hydrogen-bond donors (Lipinski definition) is 2. The van der Waals surface area contributed by atoms with Crippen molar-refractivity contribution in [3.8, 4) is 11.1 Å². The number of rotatable bonds is 2. The van der Waals surface area contributed by atoms with Gasteiger partial charge in [-0.1, -0.05) is 18.2 Å². The maximum Gasteiger partial charge on any atom is 0.407 e. The van der Waals surface area contributed by atoms with Crippen molar-refractivity contribution in [2.24, 2.45) is 0 Å². The number of aromatic amines is 1. The van der Waals surface area contributed by atoms with Crippen molar-refractivity contribution in [2.45, 2.75) is 18.4 Å². The van der Waals surface area contributed by atoms with E-state index in [1.807, 2.05) is 47.4 Å². The lowest BCUT2D eigenvalue weighted by Gasteiger charge is -2.37. The number of hydrogen-bond acceptors (Lipinski definition) is 4. The molecule has 0 aliphatic carbocycles. The molecule has 2 saturated heterocycles. The number of imidazole rings is 1. The summed E-state index contributed by atoms with van der Waals surface area (Å²) in [6.07, 6.45) is 2.64. The summed E-state index contributed by atoms with van der Waals surface area (Å²) in [6, 6.07) is 13.7. The molecule has 0 saturated carbocycles. The maximum atomic E-state index is 13.0. The summed E-state index contributed by atoms with van der Waals surface area (Å²) in [5, 5.41) is 2.72. The Bertz CT molecular complexity index is 1070. The maximum absolute atomic E-state index is 13.0. The summed E-state index contributed by atoms with van der Waals surface area (Å²) in [4.78, 5) is 33.6. The van der Waals surface area contributed by atoms with Crippen molar-refractivity contribution < 1.29 is 14.3 Å². The molecule has 0 unspecified atom stereocenters. The van der Waals surface area contributed by atoms with Crippen LogP contribution in [0.4, 0.5) is 4.79 Å². The van der Waals surface area contributed by atoms with Crippen LogP contribution in [0.3, 0.4) is 0 Å². The highest BCUT2D eigenvalue weighted by atomic mass is 16.6. The number of amides is 2. The fraction of sp³-hybridized carbons (Fsp3) is 0.286. The Morgan fingerprint density at radius 1 is 1.11 bits per heavy atom. The second-order valence-electron chi connectivity index (χ2n) is 7.43. The van der Waals surface area contributed by atoms with Gasteiger partial charge in [0.25, 0.3) is 5.91 Å². The second-order valence-corrected chi connectivity index (χ2v) is 7.43. The highest BCUT2D eigenvalue weighted by Crippen LogP contribution is 2.30. The van der Waals surface area contributed by atoms with Crippen LogP contribution in [-0.2, 0) is 4.74 Å². The third-order valence-electron chi connectivity index (χ3n) is 5.69. The minimum atomic E-state index is -0.449. The highest BCUT2D eigenvalue weighted by Gasteiger charge is 2.43. The molecule has 2 aliphatic heterocycles. The van der Waals surface area contributed by atoms with Crippen molar-refractivity contribution >= 4 is 23.0 Å². The van der Waals surface area contributed by atoms with Gasteiger partial charge in [-0.3, -0.25) is 4.79 Å². The minimum absolute atomic E-state index is 0.0107. The lowest BCUT2D eigenvalue weighted by molar-refractivity contribution is 0.00331. The molecule has 5 rings (SSSR count). The fourth-order valence-electron chi connectivity index (χ4n) is 4.03. The number of nitrogens with zero attached hydrogens (tertiary/aromatic N) is 2. The molecule has 142 valence electrons. The number of fused-ring (bicyclic) bond motifs is 1. The molecule has 7 heteroatoms. The van der Waals surface area contributed by atoms with E-state index in [-0.39, 0.29) is 12.0 Å². The summed E-state index contributed by atoms with van der Waals surface area (Å²) < 4.78 is 5.43. The van der Waals surface area contributed by atoms with Crippen LogP contribution < -0.4 is 5.32 Å². The molecule has 1 aromatic heterocycles. The van der Waals surface area contributed by atoms with E-state index in [2.05, 4.69) is 15.3 Å². The van der Waals surface area contributed by atoms with Crippen LogP contribution >= 0.6 is 0 Å². The van der Waals surface area contributed by atoms with Gasteiger partial charge >= 0.3 is 6.09 Å². The molecule has 0 atom stereocenters. The largest absolute Gasteiger partial charge is 0.441 e. The predicted octanol–water partition coefficient (Wildman–Crippen LogP) is 2.94. The molecule has 0 radical (unpaired) electrons. The average molecular weight is 376 g/mol. The Labute approximate surface area is 161 Å². The van der Waals surface area contributed by atoms with Gasteiger partial charge in [-0.05, 0) is 35.4 Å². The van der Waals surface area contributed by atoms with Gasteiger partial charge in [-0.15, -0.1) is 0 Å². The zero-order valence-corrected chi connectivity index (χ0v) is 15.3. The molecule has 3 heterocycles. The van der Waals surface area contributed by atoms with Crippen LogP contribution in [0.5, 0.6) is 0 Å². The lowest BCUT2D eigenvalue weighted by Crippen LogP contribution is -2.48. The smallest absolute Gasteiger partial charge is 0.407 e. The summed E-state index contributed by atoms with van der Waals surface area (Å²) in [7, 11) is 0. The van der Waals surface area contributed by atoms with Crippen LogP contribution in [0.1, 0.15) is 23.2 Å². The Kier molecular flexibility index (Phi) is 3.82. The standard InChI is InChI=1S/C21H20N4O3/c26-19(25-8-6-21(7-9-25)12-22-20(27)28-21)16-3-1-2-14(10-16)15-4-5-17-18(11-15)24-13-23-17/h1-5,10-11,13H,6-9,12H2,(H,22,27)(H,23,24). The average Bonchev–Trinajstić information content (AvgIpc) is 3.34. The van der Waals surface area contributed by atoms with E-state index in [1.54, 1.807) is 6.33 Å². The molecule has 1 spiro atoms. The minimum Gasteiger partial charge on any atom is -0.441 e. The number of likely N-dealkylation sites (tertiary alicyclic amines) is 1. The van der Waals surface area contributed by atoms with Crippen LogP contribution in [0.15, 0.2) is 48.8 Å². The van der Waals surface area contributed by atoms with E-state index in [1.165, 1.54) is 0 Å². The number of benzene rings is 2. The van der Waals surface area contributed by atoms with Crippen molar-refractivity contribution in [3.05, 3.63) is 54.4 Å². The summed E-state index contributed by atoms with van der Waals surface area (Å²) >= 11 is 0. The van der Waals surface area contributed by atoms with Gasteiger partial charge in [0.2, 0.25) is 0 Å². The van der Waals surface area contributed by atoms with Gasteiger partial charge in [0.15, 0.2) is 0 Å². The summed E-state index contributed by atoms with van der Waals surface area (Å²) in [5.41, 5.74) is 4.13. The first-order valence-corrected chi connectivity index (χ1v) is 9.42. The predicted molar refractivity (Wildman–Crippen MR) is 104 cm³/mol. The second kappa shape index (κ2) is 6.37. The first kappa shape index (κ1) is 16.8. The molecule has 28 heavy (non-hydrogen) atoms. The lowest BCUT2D eigenvalue weighted by atomic mass is 9.91. The number of piperidine rings is 1. The topological polar surface area (TPSA) is 87.3 Å². The third-order valence-corrected chi connectivity index (χ3v) is 5.69. The first-order valence-electron chi connectivity index (χ1n) is 9.42. The molecule has 3 aromatic rings. The summed E-state index contributed by atoms with van der Waals surface area (Å²) in [6.45, 7) is 1.69. The molecule has 7 nitrogen and oxygen atoms in total. The Balaban J connectivity index is 1.34. The van der Waals surface area contributed by atoms with Gasteiger partial charge in [-0.2, -0.15) is 0 Å². The highest BCUT2D eigenvalue weighted by molar-refractivity contribution is 5.96. The van der Waals surface area contributed by atoms with Gasteiger partial charge in [0, 0.05) is 31.5 Å². The molecular formula is C21H20N4O3. The zero-order valence-electron chi connectivity index (χ0n) is 15.3. The third kappa shape index (κ3) is 2.89. The van der Waals surface area contributed by atoms with Crippen LogP contribution in [0.25, 0.3) is 22.2 Å². The molecule has 0 bridgehead atoms. The number of carbonyl (C=O) groups is 2. The van der Waals surface area contributed by atoms with Crippen molar-refractivity contribution in [1.82, 2.24) is 20.2 Å². The normalized spacial score (nSPS) is 18.3. The number of carbonyl (C=O) groups excluding carboxylic acids is 2. The molecule has 2 aliphatic rings. The Morgan fingerprint density at radius 2 is 1.93 bits per heavy atom. The van der Waals surface area contributed by atoms with E-state index in [0.717, 1.165) is 22.2 Å². The van der Waals surface area contributed by atoms with E-state index in [4.69, 9.17) is 4.74 Å². The van der Waals surface area contributed by atoms with Crippen molar-refractivity contribution in [1.29, 1.82) is 0 Å². The summed E-state index contributed by atoms with van der Waals surface area (Å²) in [5.74, 6) is 0.0107. The van der Waals surface area contributed by atoms with Crippen molar-refractivity contribution in [2.75, 3.05) is 19.6 Å². The van der Waals surface area contributed by atoms with E-state index < -0.39 is 5.60 Å². The number of nitrogens with one attached hydrogen (secondary N) is 2. The molecule has 2 aromatic carbocycles. The van der Waals surface area contributed by atoms with Gasteiger partial charge < -0.3 is 19.9 Å². The molecule has 2 fully saturated rings. The zero-order chi connectivity index (χ0) is 19.1. The van der Waals surface area contributed by atoms with Gasteiger partial charge in [0.05, 0.1) is 23.9 Å². The fourth-order valence-corrected chi connectivity index (χ4v) is 4.03. The monoisotopic (exact) mass is 376 g/mol. The van der Waals surface area contributed by atoms with Crippen LogP contribution in [-0.4, -0.2) is 52.1 Å². The van der Waals surface area contributed by atoms with Gasteiger partial charge in [-0.25, -0.2) is 9.78 Å². The SMILES string of the molecule is O=C1NCC2(CCN(C(=O)c3cccc(-c4ccc5nc[nH]c5c4)c3)CC2)O1. The number of alkyl carbamates (subject to hydrolysis) is 1. The Hall–Kier alpha value is -3.35. The van der Waals surface area contributed by atoms with E-state index in [0.29, 0.717) is 38.0 Å².